The van der Waals surface area contributed by atoms with E-state index in [-0.39, 0.29) is 0 Å². The lowest BCUT2D eigenvalue weighted by atomic mass is 10.1. The highest BCUT2D eigenvalue weighted by Crippen LogP contribution is 2.29. The van der Waals surface area contributed by atoms with E-state index in [0.717, 1.165) is 17.0 Å². The first-order valence-corrected chi connectivity index (χ1v) is 7.50. The maximum atomic E-state index is 6.34. The van der Waals surface area contributed by atoms with E-state index in [1.807, 2.05) is 41.1 Å². The van der Waals surface area contributed by atoms with Crippen LogP contribution in [0.2, 0.25) is 5.02 Å². The third-order valence-corrected chi connectivity index (χ3v) is 4.04. The van der Waals surface area contributed by atoms with E-state index in [1.165, 1.54) is 11.1 Å². The first-order valence-electron chi connectivity index (χ1n) is 7.12. The number of hydrogen-bond donors (Lipinski definition) is 1. The highest BCUT2D eigenvalue weighted by Gasteiger charge is 2.16. The van der Waals surface area contributed by atoms with Gasteiger partial charge in [-0.3, -0.25) is 0 Å². The largest absolute Gasteiger partial charge is 0.325 e. The lowest BCUT2D eigenvalue weighted by Crippen LogP contribution is -2.07. The average Bonchev–Trinajstić information content (AvgIpc) is 2.93. The van der Waals surface area contributed by atoms with Crippen LogP contribution in [0.15, 0.2) is 48.5 Å². The van der Waals surface area contributed by atoms with Gasteiger partial charge in [0.05, 0.1) is 17.3 Å². The van der Waals surface area contributed by atoms with Crippen molar-refractivity contribution in [3.63, 3.8) is 0 Å². The Hall–Kier alpha value is -2.17. The maximum absolute atomic E-state index is 6.34. The van der Waals surface area contributed by atoms with Crippen LogP contribution in [0.25, 0.3) is 11.3 Å². The summed E-state index contributed by atoms with van der Waals surface area (Å²) in [6, 6.07) is 15.9. The fraction of sp³-hybridized carbons (Fsp3) is 0.176. The zero-order valence-electron chi connectivity index (χ0n) is 12.3. The van der Waals surface area contributed by atoms with Crippen LogP contribution >= 0.6 is 11.6 Å². The third kappa shape index (κ3) is 2.75. The van der Waals surface area contributed by atoms with Gasteiger partial charge in [-0.25, -0.2) is 4.68 Å². The highest BCUT2D eigenvalue weighted by atomic mass is 35.5. The number of benzene rings is 2. The fourth-order valence-electron chi connectivity index (χ4n) is 2.49. The highest BCUT2D eigenvalue weighted by molar-refractivity contribution is 6.33. The van der Waals surface area contributed by atoms with E-state index in [4.69, 9.17) is 17.3 Å². The Morgan fingerprint density at radius 1 is 1.09 bits per heavy atom. The topological polar surface area (TPSA) is 56.7 Å². The summed E-state index contributed by atoms with van der Waals surface area (Å²) < 4.78 is 1.87. The van der Waals surface area contributed by atoms with E-state index in [0.29, 0.717) is 18.1 Å². The van der Waals surface area contributed by atoms with Crippen LogP contribution in [-0.4, -0.2) is 15.0 Å². The summed E-state index contributed by atoms with van der Waals surface area (Å²) in [6.45, 7) is 3.06. The van der Waals surface area contributed by atoms with Crippen molar-refractivity contribution in [2.45, 2.75) is 20.0 Å². The van der Waals surface area contributed by atoms with Crippen LogP contribution in [0, 0.1) is 6.92 Å². The van der Waals surface area contributed by atoms with E-state index in [9.17, 15) is 0 Å². The molecule has 3 aromatic rings. The van der Waals surface area contributed by atoms with E-state index in [1.54, 1.807) is 0 Å². The molecule has 1 heterocycles. The Morgan fingerprint density at radius 2 is 1.82 bits per heavy atom. The van der Waals surface area contributed by atoms with Gasteiger partial charge in [0, 0.05) is 12.1 Å². The van der Waals surface area contributed by atoms with Crippen LogP contribution in [0.3, 0.4) is 0 Å². The van der Waals surface area contributed by atoms with Gasteiger partial charge in [0.15, 0.2) is 0 Å². The zero-order valence-corrected chi connectivity index (χ0v) is 13.1. The minimum Gasteiger partial charge on any atom is -0.325 e. The molecule has 0 radical (unpaired) electrons. The summed E-state index contributed by atoms with van der Waals surface area (Å²) in [4.78, 5) is 0. The molecule has 1 aromatic heterocycles. The molecule has 3 rings (SSSR count). The molecule has 0 aliphatic heterocycles. The Balaban J connectivity index is 2.09. The Morgan fingerprint density at radius 3 is 2.55 bits per heavy atom. The molecule has 0 bridgehead atoms. The summed E-state index contributed by atoms with van der Waals surface area (Å²) in [5, 5.41) is 9.15. The summed E-state index contributed by atoms with van der Waals surface area (Å²) >= 11 is 6.34. The summed E-state index contributed by atoms with van der Waals surface area (Å²) in [7, 11) is 0. The molecule has 2 aromatic carbocycles. The monoisotopic (exact) mass is 312 g/mol. The molecule has 5 heteroatoms. The van der Waals surface area contributed by atoms with Gasteiger partial charge in [0.25, 0.3) is 0 Å². The molecule has 0 saturated carbocycles. The third-order valence-electron chi connectivity index (χ3n) is 3.71. The number of hydrogen-bond acceptors (Lipinski definition) is 3. The van der Waals surface area contributed by atoms with Crippen LogP contribution in [-0.2, 0) is 13.1 Å². The van der Waals surface area contributed by atoms with Crippen molar-refractivity contribution >= 4 is 11.6 Å². The predicted octanol–water partition coefficient (Wildman–Crippen LogP) is 3.41. The molecule has 0 unspecified atom stereocenters. The van der Waals surface area contributed by atoms with Gasteiger partial charge >= 0.3 is 0 Å². The number of halogens is 1. The molecular formula is C17H17ClN4. The van der Waals surface area contributed by atoms with Crippen molar-refractivity contribution in [1.82, 2.24) is 15.0 Å². The number of rotatable bonds is 4. The van der Waals surface area contributed by atoms with Gasteiger partial charge in [-0.1, -0.05) is 59.3 Å². The minimum atomic E-state index is 0.328. The van der Waals surface area contributed by atoms with Crippen molar-refractivity contribution in [1.29, 1.82) is 0 Å². The number of nitrogens with two attached hydrogens (primary N) is 1. The average molecular weight is 313 g/mol. The van der Waals surface area contributed by atoms with Crippen molar-refractivity contribution in [2.24, 2.45) is 5.73 Å². The normalized spacial score (nSPS) is 10.9. The van der Waals surface area contributed by atoms with Crippen molar-refractivity contribution in [2.75, 3.05) is 0 Å². The zero-order chi connectivity index (χ0) is 15.5. The Labute approximate surface area is 134 Å². The fourth-order valence-corrected chi connectivity index (χ4v) is 2.72. The molecule has 0 saturated heterocycles. The van der Waals surface area contributed by atoms with Crippen LogP contribution < -0.4 is 5.73 Å². The van der Waals surface area contributed by atoms with Crippen LogP contribution in [0.1, 0.15) is 16.8 Å². The van der Waals surface area contributed by atoms with Crippen LogP contribution in [0.5, 0.6) is 0 Å². The summed E-state index contributed by atoms with van der Waals surface area (Å²) in [5.41, 5.74) is 10.8. The Bertz CT molecular complexity index is 795. The van der Waals surface area contributed by atoms with E-state index >= 15 is 0 Å². The second-order valence-corrected chi connectivity index (χ2v) is 5.56. The predicted molar refractivity (Wildman–Crippen MR) is 88.6 cm³/mol. The summed E-state index contributed by atoms with van der Waals surface area (Å²) in [5.74, 6) is 0. The van der Waals surface area contributed by atoms with E-state index in [2.05, 4.69) is 29.4 Å². The van der Waals surface area contributed by atoms with Gasteiger partial charge < -0.3 is 5.73 Å². The van der Waals surface area contributed by atoms with Gasteiger partial charge in [0.2, 0.25) is 0 Å². The van der Waals surface area contributed by atoms with Gasteiger partial charge in [-0.15, -0.1) is 5.10 Å². The van der Waals surface area contributed by atoms with Crippen molar-refractivity contribution in [3.05, 3.63) is 70.4 Å². The van der Waals surface area contributed by atoms with Gasteiger partial charge in [0.1, 0.15) is 5.69 Å². The molecule has 0 aliphatic carbocycles. The smallest absolute Gasteiger partial charge is 0.104 e. The second kappa shape index (κ2) is 6.30. The van der Waals surface area contributed by atoms with E-state index < -0.39 is 0 Å². The first kappa shape index (κ1) is 14.8. The Kier molecular flexibility index (Phi) is 4.22. The molecule has 2 N–H and O–H groups in total. The SMILES string of the molecule is Cc1ccccc1Cn1nnc(CN)c1-c1ccccc1Cl. The number of aryl methyl sites for hydroxylation is 1. The quantitative estimate of drug-likeness (QED) is 0.803. The summed E-state index contributed by atoms with van der Waals surface area (Å²) in [6.07, 6.45) is 0. The van der Waals surface area contributed by atoms with Gasteiger partial charge in [-0.2, -0.15) is 0 Å². The number of aromatic nitrogens is 3. The minimum absolute atomic E-state index is 0.328. The lowest BCUT2D eigenvalue weighted by Gasteiger charge is -2.11. The molecule has 0 spiro atoms. The van der Waals surface area contributed by atoms with Crippen molar-refractivity contribution in [3.8, 4) is 11.3 Å². The molecule has 4 nitrogen and oxygen atoms in total. The molecular weight excluding hydrogens is 296 g/mol. The molecule has 0 fully saturated rings. The molecule has 0 atom stereocenters. The van der Waals surface area contributed by atoms with Crippen molar-refractivity contribution < 1.29 is 0 Å². The standard InChI is InChI=1S/C17H17ClN4/c1-12-6-2-3-7-13(12)11-22-17(16(10-19)20-21-22)14-8-4-5-9-15(14)18/h2-9H,10-11,19H2,1H3. The second-order valence-electron chi connectivity index (χ2n) is 5.15. The maximum Gasteiger partial charge on any atom is 0.104 e. The first-order chi connectivity index (χ1) is 10.7. The molecule has 22 heavy (non-hydrogen) atoms. The molecule has 112 valence electrons. The number of nitrogens with zero attached hydrogens (tertiary/aromatic N) is 3. The lowest BCUT2D eigenvalue weighted by molar-refractivity contribution is 0.652. The molecule has 0 amide bonds. The van der Waals surface area contributed by atoms with Gasteiger partial charge in [-0.05, 0) is 24.1 Å². The molecule has 0 aliphatic rings. The van der Waals surface area contributed by atoms with Crippen LogP contribution in [0.4, 0.5) is 0 Å².